The third kappa shape index (κ3) is 4.14. The Hall–Kier alpha value is -2.18. The summed E-state index contributed by atoms with van der Waals surface area (Å²) in [6.45, 7) is 0.359. The van der Waals surface area contributed by atoms with E-state index >= 15 is 0 Å². The molecule has 1 atom stereocenters. The third-order valence-electron chi connectivity index (χ3n) is 4.14. The molecule has 2 amide bonds. The van der Waals surface area contributed by atoms with Crippen LogP contribution in [0, 0.1) is 0 Å². The van der Waals surface area contributed by atoms with E-state index in [1.807, 2.05) is 24.3 Å². The summed E-state index contributed by atoms with van der Waals surface area (Å²) in [5.74, 6) is 0.419. The van der Waals surface area contributed by atoms with Crippen molar-refractivity contribution in [2.24, 2.45) is 0 Å². The fourth-order valence-electron chi connectivity index (χ4n) is 2.76. The van der Waals surface area contributed by atoms with Gasteiger partial charge in [-0.05, 0) is 30.3 Å². The van der Waals surface area contributed by atoms with E-state index in [2.05, 4.69) is 5.32 Å². The number of hydrogen-bond donors (Lipinski definition) is 1. The van der Waals surface area contributed by atoms with E-state index in [-0.39, 0.29) is 18.2 Å². The van der Waals surface area contributed by atoms with Gasteiger partial charge in [-0.15, -0.1) is 11.8 Å². The van der Waals surface area contributed by atoms with E-state index in [1.54, 1.807) is 37.3 Å². The number of fused-ring (bicyclic) bond motifs is 1. The molecular weight excluding hydrogens is 372 g/mol. The first kappa shape index (κ1) is 18.6. The summed E-state index contributed by atoms with van der Waals surface area (Å²) in [7, 11) is 3.29. The highest BCUT2D eigenvalue weighted by atomic mass is 35.5. The number of thioether (sulfide) groups is 1. The molecule has 0 aliphatic carbocycles. The molecule has 7 heteroatoms. The van der Waals surface area contributed by atoms with E-state index in [1.165, 1.54) is 11.8 Å². The first-order valence-electron chi connectivity index (χ1n) is 8.11. The smallest absolute Gasteiger partial charge is 0.238 e. The fraction of sp³-hybridized carbons (Fsp3) is 0.263. The van der Waals surface area contributed by atoms with Crippen LogP contribution in [0.2, 0.25) is 5.02 Å². The molecule has 136 valence electrons. The van der Waals surface area contributed by atoms with Gasteiger partial charge in [0.1, 0.15) is 5.75 Å². The Bertz CT molecular complexity index is 843. The molecule has 0 aromatic heterocycles. The van der Waals surface area contributed by atoms with E-state index < -0.39 is 5.25 Å². The van der Waals surface area contributed by atoms with Crippen molar-refractivity contribution in [3.63, 3.8) is 0 Å². The number of nitrogens with one attached hydrogen (secondary N) is 1. The minimum atomic E-state index is -0.443. The largest absolute Gasteiger partial charge is 0.496 e. The molecule has 5 nitrogen and oxygen atoms in total. The molecule has 2 aromatic rings. The highest BCUT2D eigenvalue weighted by molar-refractivity contribution is 8.01. The van der Waals surface area contributed by atoms with Gasteiger partial charge in [0.25, 0.3) is 0 Å². The van der Waals surface area contributed by atoms with Crippen LogP contribution in [0.25, 0.3) is 0 Å². The van der Waals surface area contributed by atoms with Crippen LogP contribution in [0.1, 0.15) is 12.0 Å². The molecule has 1 aliphatic heterocycles. The van der Waals surface area contributed by atoms with Crippen LogP contribution in [0.15, 0.2) is 47.4 Å². The molecule has 0 fully saturated rings. The lowest BCUT2D eigenvalue weighted by Crippen LogP contribution is -2.35. The number of benzene rings is 2. The number of anilines is 1. The molecule has 0 saturated heterocycles. The summed E-state index contributed by atoms with van der Waals surface area (Å²) in [5, 5.41) is 3.00. The van der Waals surface area contributed by atoms with Crippen LogP contribution < -0.4 is 10.1 Å². The average Bonchev–Trinajstić information content (AvgIpc) is 2.62. The molecule has 0 unspecified atom stereocenters. The normalized spacial score (nSPS) is 15.8. The van der Waals surface area contributed by atoms with Crippen LogP contribution in [0.5, 0.6) is 5.75 Å². The molecule has 1 aliphatic rings. The molecule has 0 spiro atoms. The number of nitrogens with zero attached hydrogens (tertiary/aromatic N) is 1. The van der Waals surface area contributed by atoms with Crippen molar-refractivity contribution in [2.45, 2.75) is 23.1 Å². The lowest BCUT2D eigenvalue weighted by atomic mass is 10.1. The SMILES string of the molecule is COc1ccc(Cl)cc1CN(C)C(=O)C[C@H]1Sc2ccccc2NC1=O. The zero-order chi connectivity index (χ0) is 18.7. The van der Waals surface area contributed by atoms with Gasteiger partial charge in [0.15, 0.2) is 0 Å². The molecule has 0 radical (unpaired) electrons. The van der Waals surface area contributed by atoms with Crippen molar-refractivity contribution >= 4 is 40.9 Å². The molecule has 0 bridgehead atoms. The molecule has 1 heterocycles. The van der Waals surface area contributed by atoms with Gasteiger partial charge in [0.05, 0.1) is 18.0 Å². The van der Waals surface area contributed by atoms with Crippen LogP contribution in [-0.2, 0) is 16.1 Å². The van der Waals surface area contributed by atoms with E-state index in [0.29, 0.717) is 17.3 Å². The maximum atomic E-state index is 12.6. The Labute approximate surface area is 161 Å². The molecule has 0 saturated carbocycles. The lowest BCUT2D eigenvalue weighted by molar-refractivity contribution is -0.131. The van der Waals surface area contributed by atoms with Crippen molar-refractivity contribution in [3.05, 3.63) is 53.1 Å². The highest BCUT2D eigenvalue weighted by Gasteiger charge is 2.29. The summed E-state index contributed by atoms with van der Waals surface area (Å²) in [6.07, 6.45) is 0.129. The van der Waals surface area contributed by atoms with Gasteiger partial charge < -0.3 is 15.0 Å². The first-order valence-corrected chi connectivity index (χ1v) is 9.36. The van der Waals surface area contributed by atoms with E-state index in [0.717, 1.165) is 16.1 Å². The molecule has 26 heavy (non-hydrogen) atoms. The van der Waals surface area contributed by atoms with E-state index in [9.17, 15) is 9.59 Å². The highest BCUT2D eigenvalue weighted by Crippen LogP contribution is 2.36. The number of halogens is 1. The maximum absolute atomic E-state index is 12.6. The van der Waals surface area contributed by atoms with Crippen LogP contribution >= 0.6 is 23.4 Å². The van der Waals surface area contributed by atoms with Crippen molar-refractivity contribution in [1.29, 1.82) is 0 Å². The summed E-state index contributed by atoms with van der Waals surface area (Å²) >= 11 is 7.47. The second kappa shape index (κ2) is 8.01. The average molecular weight is 391 g/mol. The standard InChI is InChI=1S/C19H19ClN2O3S/c1-22(11-12-9-13(20)7-8-15(12)25-2)18(23)10-17-19(24)21-14-5-3-4-6-16(14)26-17/h3-9,17H,10-11H2,1-2H3,(H,21,24)/t17-/m1/s1. The zero-order valence-electron chi connectivity index (χ0n) is 14.5. The van der Waals surface area contributed by atoms with Crippen LogP contribution in [0.3, 0.4) is 0 Å². The van der Waals surface area contributed by atoms with Crippen molar-refractivity contribution in [3.8, 4) is 5.75 Å². The summed E-state index contributed by atoms with van der Waals surface area (Å²) < 4.78 is 5.32. The molecule has 1 N–H and O–H groups in total. The lowest BCUT2D eigenvalue weighted by Gasteiger charge is -2.26. The summed E-state index contributed by atoms with van der Waals surface area (Å²) in [5.41, 5.74) is 1.62. The monoisotopic (exact) mass is 390 g/mol. The summed E-state index contributed by atoms with van der Waals surface area (Å²) in [6, 6.07) is 12.9. The zero-order valence-corrected chi connectivity index (χ0v) is 16.1. The van der Waals surface area contributed by atoms with Crippen LogP contribution in [-0.4, -0.2) is 36.1 Å². The van der Waals surface area contributed by atoms with Gasteiger partial charge in [-0.2, -0.15) is 0 Å². The second-order valence-electron chi connectivity index (χ2n) is 6.00. The van der Waals surface area contributed by atoms with Gasteiger partial charge in [-0.25, -0.2) is 0 Å². The second-order valence-corrected chi connectivity index (χ2v) is 7.68. The van der Waals surface area contributed by atoms with Crippen LogP contribution in [0.4, 0.5) is 5.69 Å². The van der Waals surface area contributed by atoms with Crippen molar-refractivity contribution < 1.29 is 14.3 Å². The number of hydrogen-bond acceptors (Lipinski definition) is 4. The Morgan fingerprint density at radius 3 is 2.85 bits per heavy atom. The Morgan fingerprint density at radius 2 is 2.08 bits per heavy atom. The Balaban J connectivity index is 1.67. The number of methoxy groups -OCH3 is 1. The predicted molar refractivity (Wildman–Crippen MR) is 104 cm³/mol. The van der Waals surface area contributed by atoms with Gasteiger partial charge >= 0.3 is 0 Å². The van der Waals surface area contributed by atoms with Gasteiger partial charge in [-0.1, -0.05) is 23.7 Å². The number of para-hydroxylation sites is 1. The van der Waals surface area contributed by atoms with Gasteiger partial charge in [0.2, 0.25) is 11.8 Å². The fourth-order valence-corrected chi connectivity index (χ4v) is 4.05. The van der Waals surface area contributed by atoms with Crippen molar-refractivity contribution in [1.82, 2.24) is 4.90 Å². The Morgan fingerprint density at radius 1 is 1.31 bits per heavy atom. The maximum Gasteiger partial charge on any atom is 0.238 e. The minimum absolute atomic E-state index is 0.112. The Kier molecular flexibility index (Phi) is 5.74. The summed E-state index contributed by atoms with van der Waals surface area (Å²) in [4.78, 5) is 27.5. The van der Waals surface area contributed by atoms with Gasteiger partial charge in [0, 0.05) is 35.5 Å². The minimum Gasteiger partial charge on any atom is -0.496 e. The predicted octanol–water partition coefficient (Wildman–Crippen LogP) is 3.81. The van der Waals surface area contributed by atoms with Crippen molar-refractivity contribution in [2.75, 3.05) is 19.5 Å². The number of ether oxygens (including phenoxy) is 1. The third-order valence-corrected chi connectivity index (χ3v) is 5.65. The first-order chi connectivity index (χ1) is 12.5. The number of carbonyl (C=O) groups is 2. The van der Waals surface area contributed by atoms with Gasteiger partial charge in [-0.3, -0.25) is 9.59 Å². The number of rotatable bonds is 5. The number of amides is 2. The topological polar surface area (TPSA) is 58.6 Å². The number of carbonyl (C=O) groups excluding carboxylic acids is 2. The molecule has 2 aromatic carbocycles. The van der Waals surface area contributed by atoms with E-state index in [4.69, 9.17) is 16.3 Å². The molecular formula is C19H19ClN2O3S. The molecule has 3 rings (SSSR count). The quantitative estimate of drug-likeness (QED) is 0.843.